The Labute approximate surface area is 127 Å². The van der Waals surface area contributed by atoms with Crippen LogP contribution in [-0.4, -0.2) is 23.9 Å². The van der Waals surface area contributed by atoms with Gasteiger partial charge >= 0.3 is 0 Å². The van der Waals surface area contributed by atoms with Crippen LogP contribution in [0.25, 0.3) is 0 Å². The topological polar surface area (TPSA) is 39.1 Å². The molecular formula is C17H25N3O. The number of nitrogens with one attached hydrogen (secondary N) is 1. The summed E-state index contributed by atoms with van der Waals surface area (Å²) < 4.78 is 7.54. The fraction of sp³-hybridized carbons (Fsp3) is 0.471. The molecule has 0 amide bonds. The first-order valence-corrected chi connectivity index (χ1v) is 7.41. The lowest BCUT2D eigenvalue weighted by Gasteiger charge is -2.22. The summed E-state index contributed by atoms with van der Waals surface area (Å²) in [6.45, 7) is 6.42. The molecule has 1 heterocycles. The smallest absolute Gasteiger partial charge is 0.161 e. The fourth-order valence-electron chi connectivity index (χ4n) is 2.65. The molecule has 114 valence electrons. The maximum atomic E-state index is 5.50. The molecule has 1 aromatic heterocycles. The van der Waals surface area contributed by atoms with Gasteiger partial charge in [0.2, 0.25) is 0 Å². The maximum Gasteiger partial charge on any atom is 0.161 e. The molecule has 0 aliphatic rings. The summed E-state index contributed by atoms with van der Waals surface area (Å²) >= 11 is 0. The number of ether oxygens (including phenoxy) is 1. The van der Waals surface area contributed by atoms with Gasteiger partial charge in [-0.25, -0.2) is 0 Å². The van der Waals surface area contributed by atoms with Crippen molar-refractivity contribution < 1.29 is 4.74 Å². The van der Waals surface area contributed by atoms with Crippen LogP contribution in [0, 0.1) is 6.92 Å². The Kier molecular flexibility index (Phi) is 5.02. The first-order valence-electron chi connectivity index (χ1n) is 7.41. The van der Waals surface area contributed by atoms with Crippen molar-refractivity contribution in [3.05, 3.63) is 47.3 Å². The van der Waals surface area contributed by atoms with Crippen molar-refractivity contribution in [2.45, 2.75) is 39.3 Å². The molecule has 0 radical (unpaired) electrons. The molecule has 2 aromatic rings. The summed E-state index contributed by atoms with van der Waals surface area (Å²) in [7, 11) is 3.69. The first-order chi connectivity index (χ1) is 10.1. The minimum Gasteiger partial charge on any atom is -0.493 e. The number of methoxy groups -OCH3 is 1. The van der Waals surface area contributed by atoms with Crippen molar-refractivity contribution in [3.8, 4) is 5.75 Å². The molecule has 0 fully saturated rings. The van der Waals surface area contributed by atoms with Gasteiger partial charge in [-0.1, -0.05) is 24.3 Å². The second-order valence-corrected chi connectivity index (χ2v) is 5.61. The average molecular weight is 287 g/mol. The molecule has 1 N–H and O–H groups in total. The minimum absolute atomic E-state index is 0.172. The van der Waals surface area contributed by atoms with Crippen LogP contribution in [0.2, 0.25) is 0 Å². The predicted molar refractivity (Wildman–Crippen MR) is 85.8 cm³/mol. The van der Waals surface area contributed by atoms with Crippen LogP contribution in [0.3, 0.4) is 0 Å². The van der Waals surface area contributed by atoms with Gasteiger partial charge in [0, 0.05) is 6.04 Å². The third kappa shape index (κ3) is 3.27. The van der Waals surface area contributed by atoms with Crippen molar-refractivity contribution in [1.29, 1.82) is 0 Å². The summed E-state index contributed by atoms with van der Waals surface area (Å²) in [6.07, 6.45) is 2.72. The molecule has 2 rings (SSSR count). The Morgan fingerprint density at radius 3 is 2.57 bits per heavy atom. The third-order valence-corrected chi connectivity index (χ3v) is 3.87. The number of nitrogens with zero attached hydrogens (tertiary/aromatic N) is 2. The van der Waals surface area contributed by atoms with E-state index in [0.717, 1.165) is 17.9 Å². The second-order valence-electron chi connectivity index (χ2n) is 5.61. The van der Waals surface area contributed by atoms with Crippen LogP contribution in [-0.2, 0) is 6.42 Å². The summed E-state index contributed by atoms with van der Waals surface area (Å²) in [6, 6.07) is 8.97. The van der Waals surface area contributed by atoms with Gasteiger partial charge < -0.3 is 10.1 Å². The Hall–Kier alpha value is -1.81. The van der Waals surface area contributed by atoms with Gasteiger partial charge in [0.25, 0.3) is 0 Å². The number of aromatic nitrogens is 2. The lowest BCUT2D eigenvalue weighted by Crippen LogP contribution is -2.24. The molecule has 21 heavy (non-hydrogen) atoms. The van der Waals surface area contributed by atoms with Gasteiger partial charge in [0.05, 0.1) is 25.0 Å². The number of likely N-dealkylation sites (N-methyl/N-ethyl adjacent to an activating group) is 1. The van der Waals surface area contributed by atoms with Gasteiger partial charge in [-0.2, -0.15) is 5.10 Å². The Bertz CT molecular complexity index is 589. The highest BCUT2D eigenvalue weighted by atomic mass is 16.5. The van der Waals surface area contributed by atoms with Crippen LogP contribution in [0.5, 0.6) is 5.75 Å². The van der Waals surface area contributed by atoms with Crippen LogP contribution >= 0.6 is 0 Å². The monoisotopic (exact) mass is 287 g/mol. The molecule has 1 aromatic carbocycles. The number of hydrogen-bond acceptors (Lipinski definition) is 3. The summed E-state index contributed by atoms with van der Waals surface area (Å²) in [5.74, 6) is 0.844. The molecule has 1 atom stereocenters. The van der Waals surface area contributed by atoms with E-state index >= 15 is 0 Å². The van der Waals surface area contributed by atoms with Gasteiger partial charge in [0.15, 0.2) is 5.75 Å². The zero-order valence-corrected chi connectivity index (χ0v) is 13.6. The second kappa shape index (κ2) is 6.76. The van der Waals surface area contributed by atoms with Gasteiger partial charge in [0.1, 0.15) is 0 Å². The summed E-state index contributed by atoms with van der Waals surface area (Å²) in [5.41, 5.74) is 3.76. The Morgan fingerprint density at radius 1 is 1.29 bits per heavy atom. The zero-order valence-electron chi connectivity index (χ0n) is 13.6. The molecule has 0 saturated carbocycles. The zero-order chi connectivity index (χ0) is 15.4. The van der Waals surface area contributed by atoms with Crippen LogP contribution < -0.4 is 10.1 Å². The molecule has 0 bridgehead atoms. The van der Waals surface area contributed by atoms with Gasteiger partial charge in [-0.05, 0) is 45.4 Å². The number of aryl methyl sites for hydroxylation is 1. The first kappa shape index (κ1) is 15.6. The molecule has 4 nitrogen and oxygen atoms in total. The van der Waals surface area contributed by atoms with Crippen LogP contribution in [0.1, 0.15) is 42.8 Å². The maximum absolute atomic E-state index is 5.50. The highest BCUT2D eigenvalue weighted by molar-refractivity contribution is 5.33. The van der Waals surface area contributed by atoms with E-state index < -0.39 is 0 Å². The fourth-order valence-corrected chi connectivity index (χ4v) is 2.65. The predicted octanol–water partition coefficient (Wildman–Crippen LogP) is 3.28. The molecule has 4 heteroatoms. The van der Waals surface area contributed by atoms with E-state index in [-0.39, 0.29) is 6.04 Å². The van der Waals surface area contributed by atoms with Gasteiger partial charge in [-0.15, -0.1) is 0 Å². The van der Waals surface area contributed by atoms with Crippen LogP contribution in [0.15, 0.2) is 30.5 Å². The average Bonchev–Trinajstić information content (AvgIpc) is 2.90. The van der Waals surface area contributed by atoms with Crippen molar-refractivity contribution in [2.24, 2.45) is 0 Å². The molecular weight excluding hydrogens is 262 g/mol. The molecule has 0 aliphatic carbocycles. The summed E-state index contributed by atoms with van der Waals surface area (Å²) in [4.78, 5) is 0. The lowest BCUT2D eigenvalue weighted by molar-refractivity contribution is 0.388. The minimum atomic E-state index is 0.172. The van der Waals surface area contributed by atoms with E-state index in [2.05, 4.69) is 55.5 Å². The molecule has 0 aliphatic heterocycles. The van der Waals surface area contributed by atoms with Crippen LogP contribution in [0.4, 0.5) is 0 Å². The standard InChI is InChI=1S/C17H25N3O/c1-12(2)20-17(16(21-5)11-19-20)15(18-4)10-14-9-7-6-8-13(14)3/h6-9,11-12,15,18H,10H2,1-5H3. The van der Waals surface area contributed by atoms with E-state index in [1.807, 2.05) is 11.7 Å². The van der Waals surface area contributed by atoms with Gasteiger partial charge in [-0.3, -0.25) is 4.68 Å². The molecule has 1 unspecified atom stereocenters. The molecule has 0 saturated heterocycles. The largest absolute Gasteiger partial charge is 0.493 e. The highest BCUT2D eigenvalue weighted by Gasteiger charge is 2.22. The normalized spacial score (nSPS) is 12.7. The van der Waals surface area contributed by atoms with E-state index in [1.165, 1.54) is 11.1 Å². The van der Waals surface area contributed by atoms with E-state index in [4.69, 9.17) is 4.74 Å². The van der Waals surface area contributed by atoms with Crippen molar-refractivity contribution in [2.75, 3.05) is 14.2 Å². The SMILES string of the molecule is CNC(Cc1ccccc1C)c1c(OC)cnn1C(C)C. The van der Waals surface area contributed by atoms with Crippen molar-refractivity contribution in [3.63, 3.8) is 0 Å². The third-order valence-electron chi connectivity index (χ3n) is 3.87. The highest BCUT2D eigenvalue weighted by Crippen LogP contribution is 2.30. The number of rotatable bonds is 6. The number of benzene rings is 1. The van der Waals surface area contributed by atoms with E-state index in [0.29, 0.717) is 6.04 Å². The summed E-state index contributed by atoms with van der Waals surface area (Å²) in [5, 5.41) is 7.88. The van der Waals surface area contributed by atoms with E-state index in [9.17, 15) is 0 Å². The quantitative estimate of drug-likeness (QED) is 0.886. The lowest BCUT2D eigenvalue weighted by atomic mass is 9.99. The van der Waals surface area contributed by atoms with Crippen molar-refractivity contribution in [1.82, 2.24) is 15.1 Å². The van der Waals surface area contributed by atoms with E-state index in [1.54, 1.807) is 13.3 Å². The Morgan fingerprint density at radius 2 is 2.00 bits per heavy atom. The molecule has 0 spiro atoms. The number of hydrogen-bond donors (Lipinski definition) is 1. The van der Waals surface area contributed by atoms with Crippen molar-refractivity contribution >= 4 is 0 Å². The Balaban J connectivity index is 2.37.